The Morgan fingerprint density at radius 1 is 0.862 bits per heavy atom. The Hall–Kier alpha value is -2.01. The number of aryl methyl sites for hydroxylation is 2. The van der Waals surface area contributed by atoms with Gasteiger partial charge >= 0.3 is 0 Å². The molecule has 0 aliphatic carbocycles. The van der Waals surface area contributed by atoms with E-state index in [1.165, 1.54) is 27.9 Å². The summed E-state index contributed by atoms with van der Waals surface area (Å²) in [7, 11) is -6.38. The van der Waals surface area contributed by atoms with Crippen molar-refractivity contribution >= 4 is 20.0 Å². The molecule has 0 unspecified atom stereocenters. The SMILES string of the molecule is COc1ccc(S(=O)(=O)N2CCN(S(=O)(=O)c3cc(C)ccc3C)CC2)cc1F. The molecular formula is C19H23FN2O5S2. The summed E-state index contributed by atoms with van der Waals surface area (Å²) < 4.78 is 72.8. The average molecular weight is 443 g/mol. The molecule has 29 heavy (non-hydrogen) atoms. The minimum atomic E-state index is -3.94. The number of hydrogen-bond donors (Lipinski definition) is 0. The second kappa shape index (κ2) is 8.02. The summed E-state index contributed by atoms with van der Waals surface area (Å²) in [6.45, 7) is 3.56. The van der Waals surface area contributed by atoms with Crippen LogP contribution in [-0.2, 0) is 20.0 Å². The Bertz CT molecular complexity index is 1130. The molecule has 1 saturated heterocycles. The second-order valence-electron chi connectivity index (χ2n) is 6.87. The van der Waals surface area contributed by atoms with E-state index in [0.29, 0.717) is 5.56 Å². The average Bonchev–Trinajstić information content (AvgIpc) is 2.69. The van der Waals surface area contributed by atoms with Gasteiger partial charge in [-0.1, -0.05) is 12.1 Å². The maximum absolute atomic E-state index is 13.9. The van der Waals surface area contributed by atoms with E-state index in [-0.39, 0.29) is 41.7 Å². The van der Waals surface area contributed by atoms with Gasteiger partial charge in [0.15, 0.2) is 11.6 Å². The van der Waals surface area contributed by atoms with Crippen LogP contribution in [0, 0.1) is 19.7 Å². The Morgan fingerprint density at radius 3 is 2.00 bits per heavy atom. The largest absolute Gasteiger partial charge is 0.494 e. The van der Waals surface area contributed by atoms with Crippen molar-refractivity contribution in [3.8, 4) is 5.75 Å². The maximum Gasteiger partial charge on any atom is 0.243 e. The van der Waals surface area contributed by atoms with Crippen LogP contribution in [0.1, 0.15) is 11.1 Å². The zero-order chi connectivity index (χ0) is 21.4. The van der Waals surface area contributed by atoms with Gasteiger partial charge in [0.2, 0.25) is 20.0 Å². The van der Waals surface area contributed by atoms with Crippen molar-refractivity contribution in [3.63, 3.8) is 0 Å². The van der Waals surface area contributed by atoms with Crippen molar-refractivity contribution in [1.82, 2.24) is 8.61 Å². The molecule has 2 aromatic rings. The number of benzene rings is 2. The predicted molar refractivity (Wildman–Crippen MR) is 106 cm³/mol. The van der Waals surface area contributed by atoms with Gasteiger partial charge in [-0.2, -0.15) is 8.61 Å². The van der Waals surface area contributed by atoms with Gasteiger partial charge in [-0.05, 0) is 49.2 Å². The number of nitrogens with zero attached hydrogens (tertiary/aromatic N) is 2. The Labute approximate surface area is 170 Å². The zero-order valence-electron chi connectivity index (χ0n) is 16.4. The summed E-state index contributed by atoms with van der Waals surface area (Å²) in [5, 5.41) is 0. The fraction of sp³-hybridized carbons (Fsp3) is 0.368. The molecule has 3 rings (SSSR count). The van der Waals surface area contributed by atoms with Crippen molar-refractivity contribution < 1.29 is 26.0 Å². The highest BCUT2D eigenvalue weighted by Crippen LogP contribution is 2.26. The molecule has 0 aromatic heterocycles. The molecule has 2 aromatic carbocycles. The highest BCUT2D eigenvalue weighted by Gasteiger charge is 2.34. The van der Waals surface area contributed by atoms with Crippen LogP contribution < -0.4 is 4.74 Å². The molecular weight excluding hydrogens is 419 g/mol. The van der Waals surface area contributed by atoms with Gasteiger partial charge < -0.3 is 4.74 Å². The second-order valence-corrected chi connectivity index (χ2v) is 10.7. The third kappa shape index (κ3) is 4.16. The molecule has 0 amide bonds. The molecule has 1 fully saturated rings. The van der Waals surface area contributed by atoms with Crippen molar-refractivity contribution in [3.05, 3.63) is 53.3 Å². The van der Waals surface area contributed by atoms with Gasteiger partial charge in [0.05, 0.1) is 16.9 Å². The molecule has 10 heteroatoms. The van der Waals surface area contributed by atoms with Gasteiger partial charge in [-0.3, -0.25) is 0 Å². The lowest BCUT2D eigenvalue weighted by molar-refractivity contribution is 0.272. The van der Waals surface area contributed by atoms with Crippen LogP contribution in [0.2, 0.25) is 0 Å². The lowest BCUT2D eigenvalue weighted by atomic mass is 10.2. The Balaban J connectivity index is 1.79. The van der Waals surface area contributed by atoms with Crippen LogP contribution in [-0.4, -0.2) is 58.7 Å². The summed E-state index contributed by atoms with van der Waals surface area (Å²) in [5.41, 5.74) is 1.47. The van der Waals surface area contributed by atoms with E-state index >= 15 is 0 Å². The number of piperazine rings is 1. The maximum atomic E-state index is 13.9. The van der Waals surface area contributed by atoms with Gasteiger partial charge in [0, 0.05) is 26.2 Å². The van der Waals surface area contributed by atoms with E-state index in [0.717, 1.165) is 11.6 Å². The van der Waals surface area contributed by atoms with E-state index in [1.54, 1.807) is 19.1 Å². The summed E-state index contributed by atoms with van der Waals surface area (Å²) in [6.07, 6.45) is 0. The quantitative estimate of drug-likeness (QED) is 0.709. The van der Waals surface area contributed by atoms with Gasteiger partial charge in [-0.15, -0.1) is 0 Å². The van der Waals surface area contributed by atoms with E-state index in [4.69, 9.17) is 4.74 Å². The smallest absolute Gasteiger partial charge is 0.243 e. The van der Waals surface area contributed by atoms with Crippen LogP contribution in [0.5, 0.6) is 5.75 Å². The monoisotopic (exact) mass is 442 g/mol. The number of hydrogen-bond acceptors (Lipinski definition) is 5. The van der Waals surface area contributed by atoms with Crippen molar-refractivity contribution in [2.24, 2.45) is 0 Å². The summed E-state index contributed by atoms with van der Waals surface area (Å²) in [6, 6.07) is 8.65. The molecule has 1 aliphatic rings. The summed E-state index contributed by atoms with van der Waals surface area (Å²) in [4.78, 5) is 0.0349. The van der Waals surface area contributed by atoms with Crippen molar-refractivity contribution in [1.29, 1.82) is 0 Å². The molecule has 0 N–H and O–H groups in total. The molecule has 7 nitrogen and oxygen atoms in total. The zero-order valence-corrected chi connectivity index (χ0v) is 18.1. The van der Waals surface area contributed by atoms with Crippen LogP contribution in [0.25, 0.3) is 0 Å². The minimum Gasteiger partial charge on any atom is -0.494 e. The third-order valence-electron chi connectivity index (χ3n) is 4.92. The topological polar surface area (TPSA) is 84.0 Å². The highest BCUT2D eigenvalue weighted by atomic mass is 32.2. The van der Waals surface area contributed by atoms with Gasteiger partial charge in [-0.25, -0.2) is 21.2 Å². The number of ether oxygens (including phenoxy) is 1. The van der Waals surface area contributed by atoms with Crippen molar-refractivity contribution in [2.75, 3.05) is 33.3 Å². The molecule has 0 radical (unpaired) electrons. The predicted octanol–water partition coefficient (Wildman–Crippen LogP) is 2.15. The first-order chi connectivity index (χ1) is 13.6. The van der Waals surface area contributed by atoms with Gasteiger partial charge in [0.1, 0.15) is 0 Å². The minimum absolute atomic E-state index is 0.0138. The van der Waals surface area contributed by atoms with E-state index in [1.807, 2.05) is 13.0 Å². The number of methoxy groups -OCH3 is 1. The van der Waals surface area contributed by atoms with Gasteiger partial charge in [0.25, 0.3) is 0 Å². The van der Waals surface area contributed by atoms with Crippen LogP contribution in [0.15, 0.2) is 46.2 Å². The molecule has 0 saturated carbocycles. The Morgan fingerprint density at radius 2 is 1.45 bits per heavy atom. The highest BCUT2D eigenvalue weighted by molar-refractivity contribution is 7.89. The first-order valence-electron chi connectivity index (χ1n) is 8.98. The summed E-state index contributed by atoms with van der Waals surface area (Å²) >= 11 is 0. The fourth-order valence-electron chi connectivity index (χ4n) is 3.23. The first-order valence-corrected chi connectivity index (χ1v) is 11.9. The lowest BCUT2D eigenvalue weighted by Gasteiger charge is -2.33. The summed E-state index contributed by atoms with van der Waals surface area (Å²) in [5.74, 6) is -0.821. The normalized spacial score (nSPS) is 16.7. The number of sulfonamides is 2. The lowest BCUT2D eigenvalue weighted by Crippen LogP contribution is -2.50. The van der Waals surface area contributed by atoms with E-state index in [9.17, 15) is 21.2 Å². The van der Waals surface area contributed by atoms with Crippen LogP contribution in [0.3, 0.4) is 0 Å². The van der Waals surface area contributed by atoms with Crippen LogP contribution >= 0.6 is 0 Å². The third-order valence-corrected chi connectivity index (χ3v) is 8.86. The molecule has 1 aliphatic heterocycles. The molecule has 0 spiro atoms. The number of rotatable bonds is 5. The van der Waals surface area contributed by atoms with E-state index in [2.05, 4.69) is 0 Å². The standard InChI is InChI=1S/C19H23FN2O5S2/c1-14-4-5-15(2)19(12-14)29(25,26)22-10-8-21(9-11-22)28(23,24)16-6-7-18(27-3)17(20)13-16/h4-7,12-13H,8-11H2,1-3H3. The van der Waals surface area contributed by atoms with Crippen LogP contribution in [0.4, 0.5) is 4.39 Å². The molecule has 0 bridgehead atoms. The fourth-order valence-corrected chi connectivity index (χ4v) is 6.40. The first kappa shape index (κ1) is 21.7. The number of halogens is 1. The molecule has 158 valence electrons. The molecule has 0 atom stereocenters. The Kier molecular flexibility index (Phi) is 6.00. The van der Waals surface area contributed by atoms with Crippen molar-refractivity contribution in [2.45, 2.75) is 23.6 Å². The van der Waals surface area contributed by atoms with E-state index < -0.39 is 25.9 Å². The molecule has 1 heterocycles.